The number of anilines is 1. The zero-order valence-corrected chi connectivity index (χ0v) is 12.4. The van der Waals surface area contributed by atoms with Gasteiger partial charge in [0.2, 0.25) is 5.95 Å². The van der Waals surface area contributed by atoms with Crippen molar-refractivity contribution in [1.29, 1.82) is 0 Å². The van der Waals surface area contributed by atoms with Crippen LogP contribution in [0.5, 0.6) is 0 Å². The van der Waals surface area contributed by atoms with E-state index in [0.29, 0.717) is 5.65 Å². The van der Waals surface area contributed by atoms with E-state index in [1.807, 2.05) is 0 Å². The molecule has 0 aliphatic carbocycles. The van der Waals surface area contributed by atoms with Crippen LogP contribution in [0.1, 0.15) is 6.92 Å². The molecule has 4 N–H and O–H groups in total. The average molecular weight is 317 g/mol. The molecule has 116 valence electrons. The molecule has 0 radical (unpaired) electrons. The molecule has 0 aliphatic heterocycles. The number of H-pyrrole nitrogens is 1. The monoisotopic (exact) mass is 317 g/mol. The van der Waals surface area contributed by atoms with Crippen molar-refractivity contribution < 1.29 is 18.7 Å². The Morgan fingerprint density at radius 1 is 1.62 bits per heavy atom. The molecule has 2 atom stereocenters. The van der Waals surface area contributed by atoms with Gasteiger partial charge < -0.3 is 24.5 Å². The smallest absolute Gasteiger partial charge is 0.353 e. The van der Waals surface area contributed by atoms with Gasteiger partial charge in [-0.2, -0.15) is 4.98 Å². The van der Waals surface area contributed by atoms with Gasteiger partial charge in [0.05, 0.1) is 19.0 Å². The van der Waals surface area contributed by atoms with Gasteiger partial charge in [-0.05, 0) is 6.92 Å². The van der Waals surface area contributed by atoms with Gasteiger partial charge in [-0.25, -0.2) is 4.98 Å². The summed E-state index contributed by atoms with van der Waals surface area (Å²) in [6, 6.07) is 0. The number of nitrogens with one attached hydrogen (secondary N) is 1. The number of nitrogen functional groups attached to an aromatic ring is 1. The highest BCUT2D eigenvalue weighted by Crippen LogP contribution is 2.40. The van der Waals surface area contributed by atoms with Crippen LogP contribution >= 0.6 is 7.60 Å². The Bertz CT molecular complexity index is 741. The lowest BCUT2D eigenvalue weighted by Crippen LogP contribution is -2.18. The summed E-state index contributed by atoms with van der Waals surface area (Å²) in [6.45, 7) is 1.99. The van der Waals surface area contributed by atoms with Crippen molar-refractivity contribution >= 4 is 24.7 Å². The SMILES string of the molecule is COP(=O)(O)COC(C)Cn1cnc2c(=O)[nH]c(N)nc21. The fraction of sp³-hybridized carbons (Fsp3) is 0.500. The second kappa shape index (κ2) is 5.94. The highest BCUT2D eigenvalue weighted by atomic mass is 31.2. The molecule has 0 aliphatic rings. The summed E-state index contributed by atoms with van der Waals surface area (Å²) in [5.41, 5.74) is 5.56. The number of aromatic nitrogens is 4. The second-order valence-electron chi connectivity index (χ2n) is 4.45. The van der Waals surface area contributed by atoms with Gasteiger partial charge in [-0.15, -0.1) is 0 Å². The summed E-state index contributed by atoms with van der Waals surface area (Å²) in [5, 5.41) is 0. The number of hydrogen-bond acceptors (Lipinski definition) is 7. The third-order valence-electron chi connectivity index (χ3n) is 2.75. The predicted octanol–water partition coefficient (Wildman–Crippen LogP) is -0.104. The maximum absolute atomic E-state index is 11.6. The van der Waals surface area contributed by atoms with Crippen LogP contribution in [0.2, 0.25) is 0 Å². The van der Waals surface area contributed by atoms with E-state index in [0.717, 1.165) is 7.11 Å². The molecule has 2 aromatic heterocycles. The number of aromatic amines is 1. The number of rotatable bonds is 6. The van der Waals surface area contributed by atoms with Crippen molar-refractivity contribution in [2.24, 2.45) is 0 Å². The first-order chi connectivity index (χ1) is 9.82. The Morgan fingerprint density at radius 3 is 3.00 bits per heavy atom. The highest BCUT2D eigenvalue weighted by molar-refractivity contribution is 7.52. The third-order valence-corrected chi connectivity index (χ3v) is 3.80. The van der Waals surface area contributed by atoms with E-state index in [2.05, 4.69) is 19.5 Å². The molecular weight excluding hydrogens is 301 g/mol. The van der Waals surface area contributed by atoms with Gasteiger partial charge in [0, 0.05) is 7.11 Å². The molecule has 11 heteroatoms. The molecule has 2 heterocycles. The average Bonchev–Trinajstić information content (AvgIpc) is 2.80. The van der Waals surface area contributed by atoms with Gasteiger partial charge in [-0.3, -0.25) is 14.3 Å². The van der Waals surface area contributed by atoms with E-state index in [1.54, 1.807) is 11.5 Å². The van der Waals surface area contributed by atoms with Crippen molar-refractivity contribution in [3.8, 4) is 0 Å². The minimum atomic E-state index is -3.72. The summed E-state index contributed by atoms with van der Waals surface area (Å²) in [4.78, 5) is 31.2. The van der Waals surface area contributed by atoms with Gasteiger partial charge in [0.15, 0.2) is 11.2 Å². The highest BCUT2D eigenvalue weighted by Gasteiger charge is 2.19. The molecule has 0 fully saturated rings. The van der Waals surface area contributed by atoms with Gasteiger partial charge in [0.25, 0.3) is 5.56 Å². The Morgan fingerprint density at radius 2 is 2.33 bits per heavy atom. The number of nitrogens with zero attached hydrogens (tertiary/aromatic N) is 3. The molecule has 0 aromatic carbocycles. The molecule has 0 bridgehead atoms. The van der Waals surface area contributed by atoms with E-state index in [9.17, 15) is 14.3 Å². The van der Waals surface area contributed by atoms with Gasteiger partial charge in [-0.1, -0.05) is 0 Å². The standard InChI is InChI=1S/C10H16N5O5P/c1-6(20-5-21(17,18)19-2)3-15-4-12-7-8(15)13-10(11)14-9(7)16/h4,6H,3,5H2,1-2H3,(H,17,18)(H3,11,13,14,16). The first-order valence-electron chi connectivity index (χ1n) is 6.02. The topological polar surface area (TPSA) is 145 Å². The van der Waals surface area contributed by atoms with E-state index in [4.69, 9.17) is 10.5 Å². The van der Waals surface area contributed by atoms with Crippen LogP contribution in [0, 0.1) is 0 Å². The van der Waals surface area contributed by atoms with Crippen LogP contribution in [0.4, 0.5) is 5.95 Å². The molecule has 10 nitrogen and oxygen atoms in total. The molecule has 0 amide bonds. The van der Waals surface area contributed by atoms with Crippen LogP contribution in [0.3, 0.4) is 0 Å². The summed E-state index contributed by atoms with van der Waals surface area (Å²) in [6.07, 6.45) is 0.592. The van der Waals surface area contributed by atoms with Crippen LogP contribution in [-0.2, 0) is 20.4 Å². The summed E-state index contributed by atoms with van der Waals surface area (Å²) in [7, 11) is -2.58. The molecule has 0 saturated carbocycles. The fourth-order valence-corrected chi connectivity index (χ4v) is 2.26. The largest absolute Gasteiger partial charge is 0.369 e. The lowest BCUT2D eigenvalue weighted by molar-refractivity contribution is 0.0742. The van der Waals surface area contributed by atoms with Gasteiger partial charge >= 0.3 is 7.60 Å². The lowest BCUT2D eigenvalue weighted by atomic mass is 10.4. The molecule has 0 spiro atoms. The number of imidazole rings is 1. The maximum atomic E-state index is 11.6. The normalized spacial score (nSPS) is 16.0. The molecule has 2 unspecified atom stereocenters. The summed E-state index contributed by atoms with van der Waals surface area (Å²) in [5.74, 6) is -0.0120. The lowest BCUT2D eigenvalue weighted by Gasteiger charge is -2.16. The van der Waals surface area contributed by atoms with Crippen LogP contribution < -0.4 is 11.3 Å². The Balaban J connectivity index is 2.13. The number of fused-ring (bicyclic) bond motifs is 1. The first-order valence-corrected chi connectivity index (χ1v) is 7.78. The predicted molar refractivity (Wildman–Crippen MR) is 74.8 cm³/mol. The summed E-state index contributed by atoms with van der Waals surface area (Å²) >= 11 is 0. The van der Waals surface area contributed by atoms with Gasteiger partial charge in [0.1, 0.15) is 6.35 Å². The molecular formula is C10H16N5O5P. The minimum absolute atomic E-state index is 0.0120. The first kappa shape index (κ1) is 15.6. The van der Waals surface area contributed by atoms with Crippen molar-refractivity contribution in [2.75, 3.05) is 19.2 Å². The zero-order valence-electron chi connectivity index (χ0n) is 11.5. The minimum Gasteiger partial charge on any atom is -0.369 e. The van der Waals surface area contributed by atoms with Crippen LogP contribution in [0.15, 0.2) is 11.1 Å². The van der Waals surface area contributed by atoms with Crippen molar-refractivity contribution in [3.05, 3.63) is 16.7 Å². The quantitative estimate of drug-likeness (QED) is 0.626. The van der Waals surface area contributed by atoms with Crippen LogP contribution in [0.25, 0.3) is 11.2 Å². The molecule has 2 rings (SSSR count). The number of nitrogens with two attached hydrogens (primary N) is 1. The van der Waals surface area contributed by atoms with Crippen molar-refractivity contribution in [3.63, 3.8) is 0 Å². The van der Waals surface area contributed by atoms with Crippen LogP contribution in [-0.4, -0.2) is 44.0 Å². The van der Waals surface area contributed by atoms with E-state index >= 15 is 0 Å². The van der Waals surface area contributed by atoms with E-state index < -0.39 is 25.6 Å². The number of hydrogen-bond donors (Lipinski definition) is 3. The van der Waals surface area contributed by atoms with Crippen molar-refractivity contribution in [2.45, 2.75) is 19.6 Å². The van der Waals surface area contributed by atoms with Crippen molar-refractivity contribution in [1.82, 2.24) is 19.5 Å². The second-order valence-corrected chi connectivity index (χ2v) is 6.34. The third kappa shape index (κ3) is 3.67. The zero-order chi connectivity index (χ0) is 15.6. The maximum Gasteiger partial charge on any atom is 0.353 e. The summed E-state index contributed by atoms with van der Waals surface area (Å²) < 4.78 is 22.6. The molecule has 0 saturated heterocycles. The van der Waals surface area contributed by atoms with E-state index in [1.165, 1.54) is 6.33 Å². The Kier molecular flexibility index (Phi) is 4.43. The Labute approximate surface area is 119 Å². The Hall–Kier alpha value is -1.74. The van der Waals surface area contributed by atoms with E-state index in [-0.39, 0.29) is 18.0 Å². The number of ether oxygens (including phenoxy) is 1. The molecule has 21 heavy (non-hydrogen) atoms. The molecule has 2 aromatic rings. The fourth-order valence-electron chi connectivity index (χ4n) is 1.71.